The van der Waals surface area contributed by atoms with Gasteiger partial charge in [-0.05, 0) is 30.5 Å². The molecule has 1 aromatic carbocycles. The molecule has 1 aliphatic rings. The van der Waals surface area contributed by atoms with Gasteiger partial charge in [0, 0.05) is 59.6 Å². The van der Waals surface area contributed by atoms with Gasteiger partial charge in [-0.25, -0.2) is 0 Å². The summed E-state index contributed by atoms with van der Waals surface area (Å²) in [5.74, 6) is 0.885. The number of guanidine groups is 1. The van der Waals surface area contributed by atoms with Crippen LogP contribution in [0.3, 0.4) is 0 Å². The molecule has 6 nitrogen and oxygen atoms in total. The molecule has 140 valence electrons. The summed E-state index contributed by atoms with van der Waals surface area (Å²) in [5, 5.41) is 6.78. The van der Waals surface area contributed by atoms with Gasteiger partial charge in [0.2, 0.25) is 0 Å². The van der Waals surface area contributed by atoms with Gasteiger partial charge in [-0.2, -0.15) is 0 Å². The predicted octanol–water partition coefficient (Wildman–Crippen LogP) is 1.18. The van der Waals surface area contributed by atoms with Crippen molar-refractivity contribution >= 4 is 11.6 Å². The predicted molar refractivity (Wildman–Crippen MR) is 106 cm³/mol. The van der Waals surface area contributed by atoms with E-state index in [1.165, 1.54) is 11.3 Å². The fraction of sp³-hybridized carbons (Fsp3) is 0.632. The number of hydrogen-bond donors (Lipinski definition) is 2. The highest BCUT2D eigenvalue weighted by atomic mass is 16.5. The molecule has 1 fully saturated rings. The van der Waals surface area contributed by atoms with Crippen molar-refractivity contribution in [3.8, 4) is 0 Å². The van der Waals surface area contributed by atoms with E-state index >= 15 is 0 Å². The summed E-state index contributed by atoms with van der Waals surface area (Å²) in [6.45, 7) is 6.62. The van der Waals surface area contributed by atoms with Crippen LogP contribution < -0.4 is 15.5 Å². The molecule has 1 heterocycles. The lowest BCUT2D eigenvalue weighted by Gasteiger charge is -2.26. The van der Waals surface area contributed by atoms with E-state index in [0.717, 1.165) is 64.7 Å². The summed E-state index contributed by atoms with van der Waals surface area (Å²) < 4.78 is 5.37. The van der Waals surface area contributed by atoms with E-state index in [0.29, 0.717) is 0 Å². The molecule has 1 aliphatic heterocycles. The topological polar surface area (TPSA) is 52.1 Å². The van der Waals surface area contributed by atoms with Crippen LogP contribution in [0.15, 0.2) is 29.3 Å². The number of aryl methyl sites for hydroxylation is 1. The Hall–Kier alpha value is -1.79. The molecule has 0 saturated carbocycles. The molecule has 1 saturated heterocycles. The number of morpholine rings is 1. The van der Waals surface area contributed by atoms with E-state index in [1.807, 2.05) is 7.05 Å². The zero-order valence-corrected chi connectivity index (χ0v) is 15.9. The average Bonchev–Trinajstić information content (AvgIpc) is 2.65. The second kappa shape index (κ2) is 10.9. The Morgan fingerprint density at radius 2 is 1.80 bits per heavy atom. The summed E-state index contributed by atoms with van der Waals surface area (Å²) in [7, 11) is 5.96. The summed E-state index contributed by atoms with van der Waals surface area (Å²) in [6.07, 6.45) is 2.16. The molecule has 6 heteroatoms. The van der Waals surface area contributed by atoms with Crippen LogP contribution >= 0.6 is 0 Å². The third-order valence-corrected chi connectivity index (χ3v) is 4.44. The molecule has 2 rings (SSSR count). The van der Waals surface area contributed by atoms with Crippen molar-refractivity contribution in [1.29, 1.82) is 0 Å². The van der Waals surface area contributed by atoms with E-state index in [4.69, 9.17) is 4.74 Å². The number of benzene rings is 1. The van der Waals surface area contributed by atoms with Gasteiger partial charge < -0.3 is 20.3 Å². The number of nitrogens with one attached hydrogen (secondary N) is 2. The molecule has 1 aromatic rings. The molecule has 0 aromatic heterocycles. The Labute approximate surface area is 152 Å². The number of anilines is 1. The maximum Gasteiger partial charge on any atom is 0.191 e. The maximum atomic E-state index is 5.37. The van der Waals surface area contributed by atoms with E-state index < -0.39 is 0 Å². The largest absolute Gasteiger partial charge is 0.379 e. The van der Waals surface area contributed by atoms with Crippen LogP contribution in [-0.2, 0) is 11.2 Å². The van der Waals surface area contributed by atoms with E-state index in [-0.39, 0.29) is 0 Å². The minimum Gasteiger partial charge on any atom is -0.379 e. The van der Waals surface area contributed by atoms with Gasteiger partial charge in [0.25, 0.3) is 0 Å². The molecule has 25 heavy (non-hydrogen) atoms. The number of ether oxygens (including phenoxy) is 1. The molecular formula is C19H33N5O. The third-order valence-electron chi connectivity index (χ3n) is 4.44. The molecule has 2 N–H and O–H groups in total. The number of hydrogen-bond acceptors (Lipinski definition) is 4. The Balaban J connectivity index is 1.58. The molecule has 0 atom stereocenters. The summed E-state index contributed by atoms with van der Waals surface area (Å²) in [5.41, 5.74) is 2.62. The summed E-state index contributed by atoms with van der Waals surface area (Å²) in [6, 6.07) is 8.78. The highest BCUT2D eigenvalue weighted by molar-refractivity contribution is 5.79. The fourth-order valence-corrected chi connectivity index (χ4v) is 2.84. The first-order valence-electron chi connectivity index (χ1n) is 9.20. The van der Waals surface area contributed by atoms with E-state index in [1.54, 1.807) is 0 Å². The molecule has 0 amide bonds. The zero-order chi connectivity index (χ0) is 17.9. The van der Waals surface area contributed by atoms with Gasteiger partial charge in [0.05, 0.1) is 13.2 Å². The SMILES string of the molecule is CN=C(NCCCc1ccc(N(C)C)cc1)NCCN1CCOCC1. The van der Waals surface area contributed by atoms with Crippen LogP contribution in [0.4, 0.5) is 5.69 Å². The minimum atomic E-state index is 0.850. The van der Waals surface area contributed by atoms with Gasteiger partial charge >= 0.3 is 0 Å². The van der Waals surface area contributed by atoms with Crippen molar-refractivity contribution in [1.82, 2.24) is 15.5 Å². The monoisotopic (exact) mass is 347 g/mol. The van der Waals surface area contributed by atoms with Gasteiger partial charge in [-0.1, -0.05) is 12.1 Å². The number of nitrogens with zero attached hydrogens (tertiary/aromatic N) is 3. The van der Waals surface area contributed by atoms with Gasteiger partial charge in [0.15, 0.2) is 5.96 Å². The molecule has 0 unspecified atom stereocenters. The number of aliphatic imine (C=N–C) groups is 1. The normalized spacial score (nSPS) is 15.9. The van der Waals surface area contributed by atoms with Gasteiger partial charge in [0.1, 0.15) is 0 Å². The Bertz CT molecular complexity index is 509. The molecular weight excluding hydrogens is 314 g/mol. The smallest absolute Gasteiger partial charge is 0.191 e. The first-order valence-corrected chi connectivity index (χ1v) is 9.20. The van der Waals surface area contributed by atoms with Crippen molar-refractivity contribution in [3.05, 3.63) is 29.8 Å². The van der Waals surface area contributed by atoms with Gasteiger partial charge in [-0.15, -0.1) is 0 Å². The van der Waals surface area contributed by atoms with Crippen LogP contribution in [0.25, 0.3) is 0 Å². The van der Waals surface area contributed by atoms with Crippen molar-refractivity contribution < 1.29 is 4.74 Å². The zero-order valence-electron chi connectivity index (χ0n) is 15.9. The second-order valence-corrected chi connectivity index (χ2v) is 6.54. The van der Waals surface area contributed by atoms with Crippen molar-refractivity contribution in [2.45, 2.75) is 12.8 Å². The van der Waals surface area contributed by atoms with Crippen LogP contribution in [0, 0.1) is 0 Å². The average molecular weight is 348 g/mol. The highest BCUT2D eigenvalue weighted by Crippen LogP contribution is 2.13. The Kier molecular flexibility index (Phi) is 8.55. The van der Waals surface area contributed by atoms with Crippen LogP contribution in [0.2, 0.25) is 0 Å². The molecule has 0 aliphatic carbocycles. The van der Waals surface area contributed by atoms with Crippen LogP contribution in [0.5, 0.6) is 0 Å². The first-order chi connectivity index (χ1) is 12.2. The fourth-order valence-electron chi connectivity index (χ4n) is 2.84. The minimum absolute atomic E-state index is 0.850. The molecule has 0 bridgehead atoms. The lowest BCUT2D eigenvalue weighted by Crippen LogP contribution is -2.44. The standard InChI is InChI=1S/C19H33N5O/c1-20-19(22-11-12-24-13-15-25-16-14-24)21-10-4-5-17-6-8-18(9-7-17)23(2)3/h6-9H,4-5,10-16H2,1-3H3,(H2,20,21,22). The van der Waals surface area contributed by atoms with E-state index in [2.05, 4.69) is 63.8 Å². The summed E-state index contributed by atoms with van der Waals surface area (Å²) in [4.78, 5) is 8.83. The quantitative estimate of drug-likeness (QED) is 0.420. The summed E-state index contributed by atoms with van der Waals surface area (Å²) >= 11 is 0. The molecule has 0 radical (unpaired) electrons. The van der Waals surface area contributed by atoms with Crippen LogP contribution in [0.1, 0.15) is 12.0 Å². The number of rotatable bonds is 8. The van der Waals surface area contributed by atoms with Gasteiger partial charge in [-0.3, -0.25) is 9.89 Å². The third kappa shape index (κ3) is 7.32. The van der Waals surface area contributed by atoms with Crippen molar-refractivity contribution in [2.24, 2.45) is 4.99 Å². The Morgan fingerprint density at radius 1 is 1.12 bits per heavy atom. The highest BCUT2D eigenvalue weighted by Gasteiger charge is 2.09. The second-order valence-electron chi connectivity index (χ2n) is 6.54. The van der Waals surface area contributed by atoms with Crippen molar-refractivity contribution in [3.63, 3.8) is 0 Å². The van der Waals surface area contributed by atoms with Crippen LogP contribution in [-0.4, -0.2) is 77.9 Å². The lowest BCUT2D eigenvalue weighted by molar-refractivity contribution is 0.0389. The molecule has 0 spiro atoms. The van der Waals surface area contributed by atoms with E-state index in [9.17, 15) is 0 Å². The first kappa shape index (κ1) is 19.5. The lowest BCUT2D eigenvalue weighted by atomic mass is 10.1. The maximum absolute atomic E-state index is 5.37. The van der Waals surface area contributed by atoms with Crippen molar-refractivity contribution in [2.75, 3.05) is 72.0 Å². The Morgan fingerprint density at radius 3 is 2.44 bits per heavy atom.